The Kier molecular flexibility index (Phi) is 3.87. The third-order valence-corrected chi connectivity index (χ3v) is 2.91. The highest BCUT2D eigenvalue weighted by Gasteiger charge is 2.16. The Morgan fingerprint density at radius 1 is 1.17 bits per heavy atom. The molecule has 0 unspecified atom stereocenters. The van der Waals surface area contributed by atoms with Gasteiger partial charge in [0.1, 0.15) is 11.5 Å². The van der Waals surface area contributed by atoms with Gasteiger partial charge in [0.25, 0.3) is 5.91 Å². The highest BCUT2D eigenvalue weighted by Crippen LogP contribution is 2.24. The van der Waals surface area contributed by atoms with Crippen LogP contribution < -0.4 is 9.47 Å². The summed E-state index contributed by atoms with van der Waals surface area (Å²) in [6.07, 6.45) is 5.89. The molecule has 0 radical (unpaired) electrons. The molecule has 18 heavy (non-hydrogen) atoms. The number of hydrogen-bond donors (Lipinski definition) is 0. The molecule has 1 aliphatic heterocycles. The number of carbonyl (C=O) groups is 1. The minimum atomic E-state index is -0.0249. The fourth-order valence-corrected chi connectivity index (χ4v) is 1.92. The predicted molar refractivity (Wildman–Crippen MR) is 69.0 cm³/mol. The quantitative estimate of drug-likeness (QED) is 0.823. The largest absolute Gasteiger partial charge is 0.497 e. The van der Waals surface area contributed by atoms with Gasteiger partial charge in [-0.15, -0.1) is 0 Å². The van der Waals surface area contributed by atoms with Crippen molar-refractivity contribution in [2.24, 2.45) is 0 Å². The molecule has 0 aliphatic carbocycles. The Bertz CT molecular complexity index is 446. The monoisotopic (exact) mass is 247 g/mol. The number of allylic oxidation sites excluding steroid dienone is 1. The summed E-state index contributed by atoms with van der Waals surface area (Å²) in [5, 5.41) is 0. The molecule has 4 nitrogen and oxygen atoms in total. The van der Waals surface area contributed by atoms with Crippen LogP contribution in [0.15, 0.2) is 30.5 Å². The molecule has 1 aromatic carbocycles. The Hall–Kier alpha value is -1.97. The fourth-order valence-electron chi connectivity index (χ4n) is 1.92. The average molecular weight is 247 g/mol. The minimum absolute atomic E-state index is 0.0249. The second-order valence-corrected chi connectivity index (χ2v) is 4.13. The lowest BCUT2D eigenvalue weighted by Gasteiger charge is -2.21. The molecule has 0 atom stereocenters. The molecule has 4 heteroatoms. The number of rotatable bonds is 3. The van der Waals surface area contributed by atoms with E-state index in [-0.39, 0.29) is 5.91 Å². The zero-order chi connectivity index (χ0) is 13.0. The van der Waals surface area contributed by atoms with Crippen molar-refractivity contribution in [2.45, 2.75) is 12.8 Å². The molecular formula is C14H17NO3. The Labute approximate surface area is 107 Å². The molecule has 1 heterocycles. The van der Waals surface area contributed by atoms with Gasteiger partial charge in [-0.25, -0.2) is 0 Å². The van der Waals surface area contributed by atoms with Gasteiger partial charge in [-0.2, -0.15) is 0 Å². The number of amides is 1. The molecule has 0 aromatic heterocycles. The summed E-state index contributed by atoms with van der Waals surface area (Å²) < 4.78 is 10.3. The summed E-state index contributed by atoms with van der Waals surface area (Å²) in [5.41, 5.74) is 0.581. The maximum absolute atomic E-state index is 12.3. The van der Waals surface area contributed by atoms with E-state index in [2.05, 4.69) is 0 Å². The van der Waals surface area contributed by atoms with Crippen molar-refractivity contribution < 1.29 is 14.3 Å². The van der Waals surface area contributed by atoms with E-state index in [0.717, 1.165) is 19.4 Å². The molecule has 0 spiro atoms. The maximum atomic E-state index is 12.3. The first-order valence-corrected chi connectivity index (χ1v) is 5.95. The smallest absolute Gasteiger partial charge is 0.258 e. The predicted octanol–water partition coefficient (Wildman–Crippen LogP) is 2.45. The summed E-state index contributed by atoms with van der Waals surface area (Å²) in [4.78, 5) is 14.0. The van der Waals surface area contributed by atoms with Crippen LogP contribution in [0.2, 0.25) is 0 Å². The Morgan fingerprint density at radius 3 is 2.33 bits per heavy atom. The standard InChI is InChI=1S/C14H17NO3/c1-17-12-8-11(9-13(10-12)18-2)14(16)15-6-4-3-5-7-15/h4,6,8-10H,3,5,7H2,1-2H3. The van der Waals surface area contributed by atoms with Gasteiger partial charge in [0.2, 0.25) is 0 Å². The van der Waals surface area contributed by atoms with Gasteiger partial charge in [0, 0.05) is 24.4 Å². The van der Waals surface area contributed by atoms with Crippen molar-refractivity contribution in [3.63, 3.8) is 0 Å². The first-order chi connectivity index (χ1) is 8.74. The fraction of sp³-hybridized carbons (Fsp3) is 0.357. The number of methoxy groups -OCH3 is 2. The van der Waals surface area contributed by atoms with Crippen LogP contribution in [0.4, 0.5) is 0 Å². The van der Waals surface area contributed by atoms with E-state index in [1.807, 2.05) is 12.3 Å². The Balaban J connectivity index is 2.28. The molecule has 0 N–H and O–H groups in total. The van der Waals surface area contributed by atoms with Gasteiger partial charge < -0.3 is 14.4 Å². The summed E-state index contributed by atoms with van der Waals surface area (Å²) in [5.74, 6) is 1.22. The molecule has 1 aromatic rings. The lowest BCUT2D eigenvalue weighted by atomic mass is 10.1. The van der Waals surface area contributed by atoms with Crippen molar-refractivity contribution in [3.05, 3.63) is 36.0 Å². The van der Waals surface area contributed by atoms with E-state index >= 15 is 0 Å². The lowest BCUT2D eigenvalue weighted by Crippen LogP contribution is -2.28. The van der Waals surface area contributed by atoms with Crippen LogP contribution in [0.3, 0.4) is 0 Å². The van der Waals surface area contributed by atoms with Crippen LogP contribution >= 0.6 is 0 Å². The lowest BCUT2D eigenvalue weighted by molar-refractivity contribution is 0.0815. The second-order valence-electron chi connectivity index (χ2n) is 4.13. The van der Waals surface area contributed by atoms with E-state index in [4.69, 9.17) is 9.47 Å². The Morgan fingerprint density at radius 2 is 1.83 bits per heavy atom. The molecule has 96 valence electrons. The molecule has 0 fully saturated rings. The van der Waals surface area contributed by atoms with Crippen LogP contribution in [0.1, 0.15) is 23.2 Å². The van der Waals surface area contributed by atoms with E-state index in [1.165, 1.54) is 0 Å². The normalized spacial score (nSPS) is 14.4. The average Bonchev–Trinajstić information content (AvgIpc) is 2.46. The third-order valence-electron chi connectivity index (χ3n) is 2.91. The number of ether oxygens (including phenoxy) is 2. The topological polar surface area (TPSA) is 38.8 Å². The van der Waals surface area contributed by atoms with Gasteiger partial charge in [-0.3, -0.25) is 4.79 Å². The van der Waals surface area contributed by atoms with Crippen LogP contribution in [0.25, 0.3) is 0 Å². The second kappa shape index (κ2) is 5.58. The third kappa shape index (κ3) is 2.64. The van der Waals surface area contributed by atoms with Crippen molar-refractivity contribution in [3.8, 4) is 11.5 Å². The van der Waals surface area contributed by atoms with Crippen molar-refractivity contribution in [1.82, 2.24) is 4.90 Å². The van der Waals surface area contributed by atoms with Crippen molar-refractivity contribution >= 4 is 5.91 Å². The van der Waals surface area contributed by atoms with Crippen molar-refractivity contribution in [1.29, 1.82) is 0 Å². The SMILES string of the molecule is COc1cc(OC)cc(C(=O)N2C=CCCC2)c1. The molecule has 2 rings (SSSR count). The number of hydrogen-bond acceptors (Lipinski definition) is 3. The van der Waals surface area contributed by atoms with Crippen LogP contribution in [-0.2, 0) is 0 Å². The summed E-state index contributed by atoms with van der Waals surface area (Å²) in [7, 11) is 3.15. The summed E-state index contributed by atoms with van der Waals surface area (Å²) >= 11 is 0. The molecular weight excluding hydrogens is 230 g/mol. The molecule has 1 aliphatic rings. The number of benzene rings is 1. The number of carbonyl (C=O) groups excluding carboxylic acids is 1. The molecule has 0 bridgehead atoms. The molecule has 0 saturated carbocycles. The molecule has 1 amide bonds. The van der Waals surface area contributed by atoms with Crippen molar-refractivity contribution in [2.75, 3.05) is 20.8 Å². The van der Waals surface area contributed by atoms with Crippen LogP contribution in [-0.4, -0.2) is 31.6 Å². The van der Waals surface area contributed by atoms with Gasteiger partial charge in [-0.1, -0.05) is 6.08 Å². The first kappa shape index (κ1) is 12.5. The van der Waals surface area contributed by atoms with Gasteiger partial charge >= 0.3 is 0 Å². The van der Waals surface area contributed by atoms with Crippen LogP contribution in [0, 0.1) is 0 Å². The molecule has 0 saturated heterocycles. The van der Waals surface area contributed by atoms with E-state index < -0.39 is 0 Å². The van der Waals surface area contributed by atoms with Gasteiger partial charge in [0.05, 0.1) is 14.2 Å². The zero-order valence-electron chi connectivity index (χ0n) is 10.7. The van der Waals surface area contributed by atoms with Crippen LogP contribution in [0.5, 0.6) is 11.5 Å². The zero-order valence-corrected chi connectivity index (χ0v) is 10.7. The highest BCUT2D eigenvalue weighted by molar-refractivity contribution is 5.95. The number of nitrogens with zero attached hydrogens (tertiary/aromatic N) is 1. The van der Waals surface area contributed by atoms with E-state index in [9.17, 15) is 4.79 Å². The summed E-state index contributed by atoms with van der Waals surface area (Å²) in [6, 6.07) is 5.21. The highest BCUT2D eigenvalue weighted by atomic mass is 16.5. The van der Waals surface area contributed by atoms with Gasteiger partial charge in [-0.05, 0) is 25.0 Å². The summed E-state index contributed by atoms with van der Waals surface area (Å²) in [6.45, 7) is 0.759. The van der Waals surface area contributed by atoms with E-state index in [0.29, 0.717) is 17.1 Å². The van der Waals surface area contributed by atoms with Gasteiger partial charge in [0.15, 0.2) is 0 Å². The van der Waals surface area contributed by atoms with E-state index in [1.54, 1.807) is 37.3 Å². The maximum Gasteiger partial charge on any atom is 0.258 e. The first-order valence-electron chi connectivity index (χ1n) is 5.95. The minimum Gasteiger partial charge on any atom is -0.497 e.